The zero-order valence-corrected chi connectivity index (χ0v) is 19.5. The van der Waals surface area contributed by atoms with E-state index in [1.165, 1.54) is 6.42 Å². The third-order valence-electron chi connectivity index (χ3n) is 6.91. The molecular weight excluding hydrogens is 437 g/mol. The number of nitrogens with one attached hydrogen (secondary N) is 1. The maximum atomic E-state index is 13.0. The number of rotatable bonds is 6. The first-order valence-electron chi connectivity index (χ1n) is 11.5. The first kappa shape index (κ1) is 25.3. The van der Waals surface area contributed by atoms with Gasteiger partial charge in [0.2, 0.25) is 5.91 Å². The van der Waals surface area contributed by atoms with Gasteiger partial charge in [-0.05, 0) is 64.1 Å². The number of hydrogen-bond donors (Lipinski definition) is 1. The molecule has 184 valence electrons. The Balaban J connectivity index is 1.57. The molecule has 0 aromatic heterocycles. The predicted octanol–water partition coefficient (Wildman–Crippen LogP) is 4.46. The Hall–Kier alpha value is -2.36. The van der Waals surface area contributed by atoms with Crippen molar-refractivity contribution in [1.29, 1.82) is 0 Å². The summed E-state index contributed by atoms with van der Waals surface area (Å²) in [5, 5.41) is 14.5. The number of benzene rings is 1. The molecule has 1 N–H and O–H groups in total. The highest BCUT2D eigenvalue weighted by atomic mass is 19.4. The maximum Gasteiger partial charge on any atom is 0.416 e. The van der Waals surface area contributed by atoms with E-state index in [0.29, 0.717) is 44.5 Å². The molecule has 1 aromatic carbocycles. The molecule has 2 saturated heterocycles. The van der Waals surface area contributed by atoms with Crippen LogP contribution in [-0.4, -0.2) is 54.0 Å². The number of alkyl halides is 3. The molecule has 10 heteroatoms. The van der Waals surface area contributed by atoms with Gasteiger partial charge in [0, 0.05) is 43.7 Å². The van der Waals surface area contributed by atoms with Crippen LogP contribution in [0.5, 0.6) is 0 Å². The van der Waals surface area contributed by atoms with Crippen molar-refractivity contribution in [1.82, 2.24) is 10.2 Å². The molecule has 2 aliphatic rings. The molecule has 7 nitrogen and oxygen atoms in total. The minimum Gasteiger partial charge on any atom is -0.366 e. The number of nitro benzene ring substituents is 1. The highest BCUT2D eigenvalue weighted by Crippen LogP contribution is 2.37. The van der Waals surface area contributed by atoms with Gasteiger partial charge in [0.25, 0.3) is 5.69 Å². The highest BCUT2D eigenvalue weighted by molar-refractivity contribution is 5.79. The van der Waals surface area contributed by atoms with Crippen LogP contribution < -0.4 is 10.2 Å². The van der Waals surface area contributed by atoms with Crippen molar-refractivity contribution in [3.8, 4) is 0 Å². The van der Waals surface area contributed by atoms with Crippen molar-refractivity contribution in [2.75, 3.05) is 37.6 Å². The zero-order valence-electron chi connectivity index (χ0n) is 19.5. The monoisotopic (exact) mass is 470 g/mol. The van der Waals surface area contributed by atoms with Gasteiger partial charge in [0.1, 0.15) is 5.69 Å². The number of hydrogen-bond acceptors (Lipinski definition) is 5. The van der Waals surface area contributed by atoms with E-state index in [1.807, 2.05) is 0 Å². The molecule has 0 radical (unpaired) electrons. The standard InChI is InChI=1S/C23H33F3N4O3/c1-16-5-4-10-29(14-16)22(2,3)15-27-21(31)17-8-11-28(12-9-17)19-7-6-18(23(24,25)26)13-20(19)30(32)33/h6-7,13,16-17H,4-5,8-12,14-15H2,1-3H3,(H,27,31). The first-order valence-corrected chi connectivity index (χ1v) is 11.5. The van der Waals surface area contributed by atoms with Gasteiger partial charge >= 0.3 is 6.18 Å². The molecule has 1 unspecified atom stereocenters. The van der Waals surface area contributed by atoms with Gasteiger partial charge in [-0.15, -0.1) is 0 Å². The van der Waals surface area contributed by atoms with Crippen molar-refractivity contribution in [3.05, 3.63) is 33.9 Å². The fraction of sp³-hybridized carbons (Fsp3) is 0.696. The molecule has 1 amide bonds. The second-order valence-electron chi connectivity index (χ2n) is 9.94. The molecule has 1 atom stereocenters. The van der Waals surface area contributed by atoms with Crippen molar-refractivity contribution in [2.45, 2.75) is 58.2 Å². The average molecular weight is 471 g/mol. The fourth-order valence-electron chi connectivity index (χ4n) is 4.79. The van der Waals surface area contributed by atoms with Gasteiger partial charge in [-0.1, -0.05) is 6.92 Å². The average Bonchev–Trinajstić information content (AvgIpc) is 2.76. The molecule has 0 spiro atoms. The Kier molecular flexibility index (Phi) is 7.55. The van der Waals surface area contributed by atoms with Crippen LogP contribution >= 0.6 is 0 Å². The summed E-state index contributed by atoms with van der Waals surface area (Å²) in [6.45, 7) is 9.85. The second-order valence-corrected chi connectivity index (χ2v) is 9.94. The smallest absolute Gasteiger partial charge is 0.366 e. The minimum absolute atomic E-state index is 0.0327. The molecule has 0 aliphatic carbocycles. The van der Waals surface area contributed by atoms with E-state index in [-0.39, 0.29) is 23.1 Å². The summed E-state index contributed by atoms with van der Waals surface area (Å²) in [6, 6.07) is 2.60. The lowest BCUT2D eigenvalue weighted by Gasteiger charge is -2.43. The van der Waals surface area contributed by atoms with Crippen LogP contribution in [0, 0.1) is 22.0 Å². The van der Waals surface area contributed by atoms with Gasteiger partial charge in [-0.3, -0.25) is 19.8 Å². The van der Waals surface area contributed by atoms with Crippen LogP contribution in [0.2, 0.25) is 0 Å². The van der Waals surface area contributed by atoms with Gasteiger partial charge in [-0.25, -0.2) is 0 Å². The van der Waals surface area contributed by atoms with E-state index >= 15 is 0 Å². The number of carbonyl (C=O) groups excluding carboxylic acids is 1. The van der Waals surface area contributed by atoms with E-state index in [4.69, 9.17) is 0 Å². The number of amides is 1. The fourth-order valence-corrected chi connectivity index (χ4v) is 4.79. The van der Waals surface area contributed by atoms with E-state index in [9.17, 15) is 28.1 Å². The van der Waals surface area contributed by atoms with Crippen molar-refractivity contribution < 1.29 is 22.9 Å². The lowest BCUT2D eigenvalue weighted by Crippen LogP contribution is -2.55. The van der Waals surface area contributed by atoms with E-state index in [0.717, 1.165) is 31.6 Å². The first-order chi connectivity index (χ1) is 15.4. The Bertz CT molecular complexity index is 867. The number of nitro groups is 1. The third-order valence-corrected chi connectivity index (χ3v) is 6.91. The molecule has 33 heavy (non-hydrogen) atoms. The molecule has 2 fully saturated rings. The predicted molar refractivity (Wildman–Crippen MR) is 120 cm³/mol. The molecule has 3 rings (SSSR count). The van der Waals surface area contributed by atoms with Crippen LogP contribution in [0.15, 0.2) is 18.2 Å². The molecule has 2 heterocycles. The van der Waals surface area contributed by atoms with E-state index in [1.54, 1.807) is 4.90 Å². The molecule has 2 aliphatic heterocycles. The second kappa shape index (κ2) is 9.87. The van der Waals surface area contributed by atoms with Crippen LogP contribution in [-0.2, 0) is 11.0 Å². The number of halogens is 3. The minimum atomic E-state index is -4.64. The van der Waals surface area contributed by atoms with E-state index in [2.05, 4.69) is 31.0 Å². The normalized spacial score (nSPS) is 21.2. The zero-order chi connectivity index (χ0) is 24.4. The number of likely N-dealkylation sites (tertiary alicyclic amines) is 1. The van der Waals surface area contributed by atoms with Crippen molar-refractivity contribution in [3.63, 3.8) is 0 Å². The van der Waals surface area contributed by atoms with Crippen molar-refractivity contribution in [2.24, 2.45) is 11.8 Å². The van der Waals surface area contributed by atoms with Crippen LogP contribution in [0.25, 0.3) is 0 Å². The summed E-state index contributed by atoms with van der Waals surface area (Å²) in [6.07, 6.45) is -1.27. The topological polar surface area (TPSA) is 78.7 Å². The number of anilines is 1. The number of carbonyl (C=O) groups is 1. The summed E-state index contributed by atoms with van der Waals surface area (Å²) in [7, 11) is 0. The van der Waals surface area contributed by atoms with Crippen LogP contribution in [0.4, 0.5) is 24.5 Å². The van der Waals surface area contributed by atoms with E-state index < -0.39 is 22.4 Å². The Morgan fingerprint density at radius 1 is 1.18 bits per heavy atom. The Morgan fingerprint density at radius 3 is 2.42 bits per heavy atom. The molecule has 0 saturated carbocycles. The largest absolute Gasteiger partial charge is 0.416 e. The SMILES string of the molecule is CC1CCCN(C(C)(C)CNC(=O)C2CCN(c3ccc(C(F)(F)F)cc3[N+](=O)[O-])CC2)C1. The Morgan fingerprint density at radius 2 is 1.85 bits per heavy atom. The third kappa shape index (κ3) is 6.16. The van der Waals surface area contributed by atoms with Crippen LogP contribution in [0.1, 0.15) is 52.0 Å². The lowest BCUT2D eigenvalue weighted by atomic mass is 9.92. The summed E-state index contributed by atoms with van der Waals surface area (Å²) >= 11 is 0. The number of piperidine rings is 2. The lowest BCUT2D eigenvalue weighted by molar-refractivity contribution is -0.384. The summed E-state index contributed by atoms with van der Waals surface area (Å²) in [5.74, 6) is 0.396. The molecule has 0 bridgehead atoms. The van der Waals surface area contributed by atoms with Gasteiger partial charge in [0.15, 0.2) is 0 Å². The number of nitrogens with zero attached hydrogens (tertiary/aromatic N) is 3. The summed E-state index contributed by atoms with van der Waals surface area (Å²) in [4.78, 5) is 27.5. The summed E-state index contributed by atoms with van der Waals surface area (Å²) < 4.78 is 38.9. The molecular formula is C23H33F3N4O3. The molecule has 1 aromatic rings. The van der Waals surface area contributed by atoms with Crippen molar-refractivity contribution >= 4 is 17.3 Å². The van der Waals surface area contributed by atoms with Gasteiger partial charge in [0.05, 0.1) is 10.5 Å². The Labute approximate surface area is 192 Å². The quantitative estimate of drug-likeness (QED) is 0.491. The highest BCUT2D eigenvalue weighted by Gasteiger charge is 2.35. The maximum absolute atomic E-state index is 13.0. The van der Waals surface area contributed by atoms with Gasteiger partial charge < -0.3 is 10.2 Å². The summed E-state index contributed by atoms with van der Waals surface area (Å²) in [5.41, 5.74) is -1.60. The van der Waals surface area contributed by atoms with Gasteiger partial charge in [-0.2, -0.15) is 13.2 Å². The van der Waals surface area contributed by atoms with Crippen LogP contribution in [0.3, 0.4) is 0 Å².